The summed E-state index contributed by atoms with van der Waals surface area (Å²) in [7, 11) is 0. The molecule has 3 rings (SSSR count). The van der Waals surface area contributed by atoms with Crippen molar-refractivity contribution in [3.05, 3.63) is 71.3 Å². The van der Waals surface area contributed by atoms with E-state index in [0.717, 1.165) is 11.1 Å². The molecule has 2 aromatic carbocycles. The van der Waals surface area contributed by atoms with Gasteiger partial charge in [0.25, 0.3) is 5.91 Å². The number of amides is 1. The Hall–Kier alpha value is -2.70. The average Bonchev–Trinajstić information content (AvgIpc) is 2.75. The highest BCUT2D eigenvalue weighted by atomic mass is 16.5. The van der Waals surface area contributed by atoms with Gasteiger partial charge in [0.1, 0.15) is 0 Å². The first kappa shape index (κ1) is 21.0. The Kier molecular flexibility index (Phi) is 7.01. The number of carboxylic acid groups (broad SMARTS) is 1. The summed E-state index contributed by atoms with van der Waals surface area (Å²) in [6, 6.07) is 16.6. The fourth-order valence-electron chi connectivity index (χ4n) is 3.70. The zero-order valence-electron chi connectivity index (χ0n) is 16.6. The number of ether oxygens (including phenoxy) is 2. The Morgan fingerprint density at radius 3 is 2.41 bits per heavy atom. The van der Waals surface area contributed by atoms with Crippen LogP contribution in [-0.2, 0) is 27.5 Å². The first-order chi connectivity index (χ1) is 14.0. The summed E-state index contributed by atoms with van der Waals surface area (Å²) in [6.07, 6.45) is 0.761. The zero-order chi connectivity index (χ0) is 20.7. The molecule has 0 spiro atoms. The van der Waals surface area contributed by atoms with Crippen molar-refractivity contribution in [2.45, 2.75) is 39.0 Å². The molecule has 1 heterocycles. The van der Waals surface area contributed by atoms with Crippen LogP contribution in [0.5, 0.6) is 0 Å². The van der Waals surface area contributed by atoms with E-state index in [2.05, 4.69) is 5.32 Å². The summed E-state index contributed by atoms with van der Waals surface area (Å²) in [4.78, 5) is 24.9. The van der Waals surface area contributed by atoms with Gasteiger partial charge >= 0.3 is 5.97 Å². The molecule has 1 amide bonds. The van der Waals surface area contributed by atoms with Crippen molar-refractivity contribution in [3.63, 3.8) is 0 Å². The second kappa shape index (κ2) is 9.67. The molecule has 0 bridgehead atoms. The van der Waals surface area contributed by atoms with Crippen molar-refractivity contribution in [1.82, 2.24) is 5.32 Å². The van der Waals surface area contributed by atoms with Crippen LogP contribution in [0.2, 0.25) is 0 Å². The number of carbonyl (C=O) groups excluding carboxylic acids is 1. The molecule has 0 aromatic heterocycles. The summed E-state index contributed by atoms with van der Waals surface area (Å²) in [5.41, 5.74) is 1.32. The largest absolute Gasteiger partial charge is 0.481 e. The van der Waals surface area contributed by atoms with Gasteiger partial charge in [0.15, 0.2) is 0 Å². The maximum absolute atomic E-state index is 12.9. The van der Waals surface area contributed by atoms with Crippen LogP contribution in [-0.4, -0.2) is 36.2 Å². The van der Waals surface area contributed by atoms with Gasteiger partial charge in [0.05, 0.1) is 18.6 Å². The molecule has 1 aliphatic heterocycles. The number of carboxylic acids is 1. The van der Waals surface area contributed by atoms with Crippen LogP contribution in [0.15, 0.2) is 54.6 Å². The van der Waals surface area contributed by atoms with Crippen molar-refractivity contribution in [2.75, 3.05) is 13.2 Å². The second-order valence-electron chi connectivity index (χ2n) is 7.40. The molecule has 1 unspecified atom stereocenters. The first-order valence-electron chi connectivity index (χ1n) is 9.84. The lowest BCUT2D eigenvalue weighted by Crippen LogP contribution is -2.53. The Morgan fingerprint density at radius 1 is 1.07 bits per heavy atom. The molecule has 0 saturated carbocycles. The van der Waals surface area contributed by atoms with Crippen molar-refractivity contribution >= 4 is 11.9 Å². The van der Waals surface area contributed by atoms with Gasteiger partial charge in [-0.3, -0.25) is 9.59 Å². The number of aliphatic carboxylic acids is 1. The number of rotatable bonds is 8. The van der Waals surface area contributed by atoms with Crippen LogP contribution in [0, 0.1) is 5.41 Å². The summed E-state index contributed by atoms with van der Waals surface area (Å²) < 4.78 is 11.1. The van der Waals surface area contributed by atoms with Crippen LogP contribution in [0.25, 0.3) is 0 Å². The fourth-order valence-corrected chi connectivity index (χ4v) is 3.70. The minimum Gasteiger partial charge on any atom is -0.481 e. The number of hydrogen-bond acceptors (Lipinski definition) is 4. The number of benzene rings is 2. The predicted octanol–water partition coefficient (Wildman–Crippen LogP) is 3.40. The van der Waals surface area contributed by atoms with Gasteiger partial charge in [-0.2, -0.15) is 0 Å². The Morgan fingerprint density at radius 2 is 1.72 bits per heavy atom. The van der Waals surface area contributed by atoms with E-state index in [4.69, 9.17) is 9.47 Å². The van der Waals surface area contributed by atoms with E-state index >= 15 is 0 Å². The van der Waals surface area contributed by atoms with Crippen LogP contribution in [0.1, 0.15) is 41.3 Å². The van der Waals surface area contributed by atoms with Crippen LogP contribution >= 0.6 is 0 Å². The normalized spacial score (nSPS) is 16.7. The Balaban J connectivity index is 1.66. The highest BCUT2D eigenvalue weighted by Crippen LogP contribution is 2.34. The van der Waals surface area contributed by atoms with Crippen molar-refractivity contribution < 1.29 is 24.2 Å². The van der Waals surface area contributed by atoms with Crippen LogP contribution < -0.4 is 5.32 Å². The monoisotopic (exact) mass is 397 g/mol. The standard InChI is InChI=1S/C23H27NO5/c1-17(23(22(26)27)11-13-28-14-12-23)24-21(25)20-10-6-5-9-19(20)16-29-15-18-7-3-2-4-8-18/h2-10,17H,11-16H2,1H3,(H,24,25)(H,26,27). The highest BCUT2D eigenvalue weighted by Gasteiger charge is 2.45. The van der Waals surface area contributed by atoms with Gasteiger partial charge in [-0.05, 0) is 37.0 Å². The predicted molar refractivity (Wildman–Crippen MR) is 108 cm³/mol. The molecule has 1 fully saturated rings. The SMILES string of the molecule is CC(NC(=O)c1ccccc1COCc1ccccc1)C1(C(=O)O)CCOCC1. The van der Waals surface area contributed by atoms with Crippen molar-refractivity contribution in [1.29, 1.82) is 0 Å². The highest BCUT2D eigenvalue weighted by molar-refractivity contribution is 5.96. The molecule has 0 aliphatic carbocycles. The Bertz CT molecular complexity index is 830. The molecular formula is C23H27NO5. The lowest BCUT2D eigenvalue weighted by Gasteiger charge is -2.38. The molecule has 6 heteroatoms. The van der Waals surface area contributed by atoms with E-state index in [1.807, 2.05) is 42.5 Å². The van der Waals surface area contributed by atoms with Crippen LogP contribution in [0.4, 0.5) is 0 Å². The smallest absolute Gasteiger partial charge is 0.311 e. The summed E-state index contributed by atoms with van der Waals surface area (Å²) >= 11 is 0. The maximum Gasteiger partial charge on any atom is 0.311 e. The second-order valence-corrected chi connectivity index (χ2v) is 7.40. The first-order valence-corrected chi connectivity index (χ1v) is 9.84. The minimum atomic E-state index is -1.01. The maximum atomic E-state index is 12.9. The van der Waals surface area contributed by atoms with E-state index in [9.17, 15) is 14.7 Å². The third kappa shape index (κ3) is 5.02. The molecule has 1 aliphatic rings. The molecule has 6 nitrogen and oxygen atoms in total. The molecule has 154 valence electrons. The number of carbonyl (C=O) groups is 2. The lowest BCUT2D eigenvalue weighted by atomic mass is 9.74. The van der Waals surface area contributed by atoms with E-state index in [1.165, 1.54) is 0 Å². The van der Waals surface area contributed by atoms with Gasteiger partial charge in [-0.25, -0.2) is 0 Å². The van der Waals surface area contributed by atoms with Crippen LogP contribution in [0.3, 0.4) is 0 Å². The summed E-state index contributed by atoms with van der Waals surface area (Å²) in [6.45, 7) is 3.28. The average molecular weight is 397 g/mol. The van der Waals surface area contributed by atoms with Gasteiger partial charge in [-0.1, -0.05) is 48.5 Å². The molecule has 29 heavy (non-hydrogen) atoms. The van der Waals surface area contributed by atoms with Gasteiger partial charge in [0.2, 0.25) is 0 Å². The van der Waals surface area contributed by atoms with E-state index in [0.29, 0.717) is 44.8 Å². The molecule has 1 saturated heterocycles. The molecule has 2 N–H and O–H groups in total. The van der Waals surface area contributed by atoms with Gasteiger partial charge in [0, 0.05) is 24.8 Å². The minimum absolute atomic E-state index is 0.288. The third-order valence-electron chi connectivity index (χ3n) is 5.62. The van der Waals surface area contributed by atoms with Gasteiger partial charge in [-0.15, -0.1) is 0 Å². The number of nitrogens with one attached hydrogen (secondary N) is 1. The molecule has 0 radical (unpaired) electrons. The third-order valence-corrected chi connectivity index (χ3v) is 5.62. The lowest BCUT2D eigenvalue weighted by molar-refractivity contribution is -0.157. The van der Waals surface area contributed by atoms with Gasteiger partial charge < -0.3 is 19.9 Å². The molecule has 2 aromatic rings. The van der Waals surface area contributed by atoms with Crippen molar-refractivity contribution in [2.24, 2.45) is 5.41 Å². The zero-order valence-corrected chi connectivity index (χ0v) is 16.6. The molecular weight excluding hydrogens is 370 g/mol. The summed E-state index contributed by atoms with van der Waals surface area (Å²) in [5.74, 6) is -1.18. The van der Waals surface area contributed by atoms with E-state index in [1.54, 1.807) is 19.1 Å². The molecule has 1 atom stereocenters. The van der Waals surface area contributed by atoms with Crippen molar-refractivity contribution in [3.8, 4) is 0 Å². The quantitative estimate of drug-likeness (QED) is 0.713. The topological polar surface area (TPSA) is 84.9 Å². The summed E-state index contributed by atoms with van der Waals surface area (Å²) in [5, 5.41) is 12.7. The number of hydrogen-bond donors (Lipinski definition) is 2. The fraction of sp³-hybridized carbons (Fsp3) is 0.391. The van der Waals surface area contributed by atoms with E-state index in [-0.39, 0.29) is 5.91 Å². The van der Waals surface area contributed by atoms with E-state index < -0.39 is 17.4 Å². The Labute approximate surface area is 170 Å².